The van der Waals surface area contributed by atoms with E-state index in [9.17, 15) is 4.79 Å². The molecule has 1 atom stereocenters. The molecule has 0 saturated carbocycles. The van der Waals surface area contributed by atoms with Crippen molar-refractivity contribution in [2.45, 2.75) is 38.8 Å². The summed E-state index contributed by atoms with van der Waals surface area (Å²) in [5.41, 5.74) is 2.16. The molecule has 90 valence electrons. The average molecular weight is 231 g/mol. The second-order valence-electron chi connectivity index (χ2n) is 4.32. The Morgan fingerprint density at radius 1 is 1.59 bits per heavy atom. The molecule has 0 fully saturated rings. The van der Waals surface area contributed by atoms with Gasteiger partial charge in [0.25, 0.3) is 5.56 Å². The van der Waals surface area contributed by atoms with E-state index in [-0.39, 0.29) is 12.1 Å². The molecule has 1 aliphatic rings. The summed E-state index contributed by atoms with van der Waals surface area (Å²) in [6, 6.07) is 5.88. The maximum atomic E-state index is 11.7. The number of hydrogen-bond donors (Lipinski definition) is 1. The number of rotatable bonds is 3. The van der Waals surface area contributed by atoms with Gasteiger partial charge in [0.1, 0.15) is 6.54 Å². The van der Waals surface area contributed by atoms with Crippen LogP contribution in [0.3, 0.4) is 0 Å². The molecule has 1 unspecified atom stereocenters. The van der Waals surface area contributed by atoms with Crippen LogP contribution in [-0.2, 0) is 13.0 Å². The van der Waals surface area contributed by atoms with Crippen molar-refractivity contribution < 1.29 is 0 Å². The van der Waals surface area contributed by atoms with Crippen LogP contribution in [0.1, 0.15) is 37.1 Å². The van der Waals surface area contributed by atoms with Gasteiger partial charge in [-0.3, -0.25) is 9.36 Å². The first kappa shape index (κ1) is 11.9. The predicted molar refractivity (Wildman–Crippen MR) is 65.7 cm³/mol. The molecule has 0 aromatic carbocycles. The maximum absolute atomic E-state index is 11.7. The maximum Gasteiger partial charge on any atom is 0.251 e. The molecule has 0 aliphatic heterocycles. The summed E-state index contributed by atoms with van der Waals surface area (Å²) in [5.74, 6) is 0. The van der Waals surface area contributed by atoms with Gasteiger partial charge < -0.3 is 5.32 Å². The van der Waals surface area contributed by atoms with Crippen molar-refractivity contribution in [3.63, 3.8) is 0 Å². The standard InChI is InChI=1S/C13H17N3O/c1-2-15-11-4-3-5-12-10(11)6-7-13(17)16(12)9-8-14/h6-7,11,15H,2-5,9H2,1H3. The Balaban J connectivity index is 2.47. The van der Waals surface area contributed by atoms with Gasteiger partial charge in [0.05, 0.1) is 6.07 Å². The molecular formula is C13H17N3O. The van der Waals surface area contributed by atoms with E-state index in [4.69, 9.17) is 5.26 Å². The molecule has 1 aromatic heterocycles. The molecule has 1 heterocycles. The molecule has 0 spiro atoms. The quantitative estimate of drug-likeness (QED) is 0.854. The van der Waals surface area contributed by atoms with E-state index >= 15 is 0 Å². The molecule has 4 nitrogen and oxygen atoms in total. The minimum atomic E-state index is -0.0672. The summed E-state index contributed by atoms with van der Waals surface area (Å²) < 4.78 is 1.61. The third-order valence-corrected chi connectivity index (χ3v) is 3.29. The van der Waals surface area contributed by atoms with E-state index in [1.807, 2.05) is 6.07 Å². The first-order chi connectivity index (χ1) is 8.27. The molecule has 1 aliphatic carbocycles. The van der Waals surface area contributed by atoms with Crippen LogP contribution in [0.25, 0.3) is 0 Å². The summed E-state index contributed by atoms with van der Waals surface area (Å²) in [6.07, 6.45) is 3.07. The highest BCUT2D eigenvalue weighted by atomic mass is 16.1. The van der Waals surface area contributed by atoms with Crippen molar-refractivity contribution in [2.75, 3.05) is 6.54 Å². The smallest absolute Gasteiger partial charge is 0.251 e. The van der Waals surface area contributed by atoms with Gasteiger partial charge in [-0.15, -0.1) is 0 Å². The van der Waals surface area contributed by atoms with Crippen LogP contribution in [0, 0.1) is 11.3 Å². The summed E-state index contributed by atoms with van der Waals surface area (Å²) in [4.78, 5) is 11.7. The highest BCUT2D eigenvalue weighted by molar-refractivity contribution is 5.28. The SMILES string of the molecule is CCNC1CCCc2c1ccc(=O)n2CC#N. The molecule has 0 saturated heterocycles. The van der Waals surface area contributed by atoms with Crippen LogP contribution in [0.4, 0.5) is 0 Å². The number of fused-ring (bicyclic) bond motifs is 1. The normalized spacial score (nSPS) is 18.5. The van der Waals surface area contributed by atoms with Gasteiger partial charge in [-0.25, -0.2) is 0 Å². The number of aromatic nitrogens is 1. The van der Waals surface area contributed by atoms with Crippen LogP contribution in [0.5, 0.6) is 0 Å². The molecule has 1 aromatic rings. The van der Waals surface area contributed by atoms with Crippen LogP contribution in [0.15, 0.2) is 16.9 Å². The topological polar surface area (TPSA) is 57.8 Å². The van der Waals surface area contributed by atoms with Crippen molar-refractivity contribution in [3.8, 4) is 6.07 Å². The van der Waals surface area contributed by atoms with Gasteiger partial charge in [0.2, 0.25) is 0 Å². The average Bonchev–Trinajstić information content (AvgIpc) is 2.34. The van der Waals surface area contributed by atoms with E-state index in [1.165, 1.54) is 5.56 Å². The van der Waals surface area contributed by atoms with Gasteiger partial charge in [0, 0.05) is 17.8 Å². The van der Waals surface area contributed by atoms with Crippen molar-refractivity contribution in [2.24, 2.45) is 0 Å². The fourth-order valence-electron chi connectivity index (χ4n) is 2.56. The minimum absolute atomic E-state index is 0.0672. The molecule has 0 bridgehead atoms. The summed E-state index contributed by atoms with van der Waals surface area (Å²) in [7, 11) is 0. The largest absolute Gasteiger partial charge is 0.310 e. The van der Waals surface area contributed by atoms with Gasteiger partial charge in [-0.2, -0.15) is 5.26 Å². The number of hydrogen-bond acceptors (Lipinski definition) is 3. The van der Waals surface area contributed by atoms with Gasteiger partial charge in [0.15, 0.2) is 0 Å². The van der Waals surface area contributed by atoms with Crippen LogP contribution in [-0.4, -0.2) is 11.1 Å². The lowest BCUT2D eigenvalue weighted by Gasteiger charge is -2.27. The van der Waals surface area contributed by atoms with Crippen LogP contribution >= 0.6 is 0 Å². The molecule has 0 amide bonds. The summed E-state index contributed by atoms with van der Waals surface area (Å²) >= 11 is 0. The third kappa shape index (κ3) is 2.25. The Kier molecular flexibility index (Phi) is 3.60. The Bertz CT molecular complexity index is 498. The Morgan fingerprint density at radius 2 is 2.41 bits per heavy atom. The molecule has 1 N–H and O–H groups in total. The van der Waals surface area contributed by atoms with Crippen molar-refractivity contribution >= 4 is 0 Å². The lowest BCUT2D eigenvalue weighted by atomic mass is 9.91. The highest BCUT2D eigenvalue weighted by Crippen LogP contribution is 2.28. The van der Waals surface area contributed by atoms with Crippen LogP contribution < -0.4 is 10.9 Å². The molecule has 17 heavy (non-hydrogen) atoms. The van der Waals surface area contributed by atoms with Crippen LogP contribution in [0.2, 0.25) is 0 Å². The Hall–Kier alpha value is -1.60. The molecule has 2 rings (SSSR count). The predicted octanol–water partition coefficient (Wildman–Crippen LogP) is 1.36. The van der Waals surface area contributed by atoms with Gasteiger partial charge in [-0.1, -0.05) is 13.0 Å². The zero-order valence-electron chi connectivity index (χ0n) is 10.1. The molecule has 4 heteroatoms. The van der Waals surface area contributed by atoms with Gasteiger partial charge >= 0.3 is 0 Å². The molecule has 0 radical (unpaired) electrons. The second-order valence-corrected chi connectivity index (χ2v) is 4.32. The number of pyridine rings is 1. The van der Waals surface area contributed by atoms with E-state index in [0.717, 1.165) is 31.5 Å². The fourth-order valence-corrected chi connectivity index (χ4v) is 2.56. The first-order valence-corrected chi connectivity index (χ1v) is 6.11. The van der Waals surface area contributed by atoms with Crippen molar-refractivity contribution in [1.29, 1.82) is 5.26 Å². The van der Waals surface area contributed by atoms with Crippen molar-refractivity contribution in [1.82, 2.24) is 9.88 Å². The summed E-state index contributed by atoms with van der Waals surface area (Å²) in [5, 5.41) is 12.2. The Morgan fingerprint density at radius 3 is 3.12 bits per heavy atom. The monoisotopic (exact) mass is 231 g/mol. The summed E-state index contributed by atoms with van der Waals surface area (Å²) in [6.45, 7) is 3.15. The third-order valence-electron chi connectivity index (χ3n) is 3.29. The van der Waals surface area contributed by atoms with E-state index < -0.39 is 0 Å². The minimum Gasteiger partial charge on any atom is -0.310 e. The lowest BCUT2D eigenvalue weighted by Crippen LogP contribution is -2.31. The Labute approximate surface area is 101 Å². The van der Waals surface area contributed by atoms with Crippen molar-refractivity contribution in [3.05, 3.63) is 33.7 Å². The number of nitriles is 1. The number of nitrogens with one attached hydrogen (secondary N) is 1. The lowest BCUT2D eigenvalue weighted by molar-refractivity contribution is 0.454. The molecular weight excluding hydrogens is 214 g/mol. The highest BCUT2D eigenvalue weighted by Gasteiger charge is 2.22. The zero-order chi connectivity index (χ0) is 12.3. The zero-order valence-corrected chi connectivity index (χ0v) is 10.1. The van der Waals surface area contributed by atoms with E-state index in [0.29, 0.717) is 6.04 Å². The first-order valence-electron chi connectivity index (χ1n) is 6.11. The second kappa shape index (κ2) is 5.15. The number of nitrogens with zero attached hydrogens (tertiary/aromatic N) is 2. The van der Waals surface area contributed by atoms with E-state index in [1.54, 1.807) is 10.6 Å². The van der Waals surface area contributed by atoms with Gasteiger partial charge in [-0.05, 0) is 31.4 Å². The fraction of sp³-hybridized carbons (Fsp3) is 0.538. The van der Waals surface area contributed by atoms with E-state index in [2.05, 4.69) is 18.3 Å².